The summed E-state index contributed by atoms with van der Waals surface area (Å²) in [6.45, 7) is 3.12. The molecule has 0 aliphatic heterocycles. The van der Waals surface area contributed by atoms with Gasteiger partial charge >= 0.3 is 6.18 Å². The second-order valence-electron chi connectivity index (χ2n) is 4.44. The second-order valence-corrected chi connectivity index (χ2v) is 4.44. The third kappa shape index (κ3) is 2.79. The monoisotopic (exact) mass is 308 g/mol. The molecule has 0 radical (unpaired) electrons. The molecule has 1 unspecified atom stereocenters. The van der Waals surface area contributed by atoms with Crippen LogP contribution >= 0.6 is 0 Å². The summed E-state index contributed by atoms with van der Waals surface area (Å²) in [4.78, 5) is 20.0. The van der Waals surface area contributed by atoms with Crippen LogP contribution in [0.3, 0.4) is 0 Å². The summed E-state index contributed by atoms with van der Waals surface area (Å²) in [5, 5.41) is 31.3. The third-order valence-electron chi connectivity index (χ3n) is 3.18. The molecule has 0 saturated carbocycles. The number of nitro groups is 2. The first-order chi connectivity index (χ1) is 9.41. The van der Waals surface area contributed by atoms with Gasteiger partial charge in [-0.3, -0.25) is 20.2 Å². The predicted octanol–water partition coefficient (Wildman–Crippen LogP) is 3.02. The molecular formula is C11H11F3N2O5. The Morgan fingerprint density at radius 3 is 1.52 bits per heavy atom. The highest BCUT2D eigenvalue weighted by Crippen LogP contribution is 2.44. The largest absolute Gasteiger partial charge is 0.418 e. The van der Waals surface area contributed by atoms with Crippen LogP contribution in [0.25, 0.3) is 0 Å². The van der Waals surface area contributed by atoms with E-state index in [2.05, 4.69) is 0 Å². The second kappa shape index (κ2) is 5.28. The number of hydrogen-bond donors (Lipinski definition) is 1. The van der Waals surface area contributed by atoms with Gasteiger partial charge in [-0.2, -0.15) is 13.2 Å². The molecule has 10 heteroatoms. The first-order valence-electron chi connectivity index (χ1n) is 5.58. The van der Waals surface area contributed by atoms with E-state index in [1.54, 1.807) is 0 Å². The fraction of sp³-hybridized carbons (Fsp3) is 0.455. The van der Waals surface area contributed by atoms with Crippen LogP contribution in [0.15, 0.2) is 0 Å². The average molecular weight is 308 g/mol. The highest BCUT2D eigenvalue weighted by Gasteiger charge is 2.44. The molecule has 0 saturated heterocycles. The summed E-state index contributed by atoms with van der Waals surface area (Å²) in [7, 11) is 0. The highest BCUT2D eigenvalue weighted by molar-refractivity contribution is 5.65. The lowest BCUT2D eigenvalue weighted by Gasteiger charge is -2.20. The number of benzene rings is 1. The summed E-state index contributed by atoms with van der Waals surface area (Å²) in [5.41, 5.74) is -3.68. The quantitative estimate of drug-likeness (QED) is 0.682. The van der Waals surface area contributed by atoms with Crippen molar-refractivity contribution in [2.45, 2.75) is 33.1 Å². The van der Waals surface area contributed by atoms with Crippen LogP contribution in [0.1, 0.15) is 28.4 Å². The minimum Gasteiger partial charge on any atom is -0.379 e. The first-order valence-corrected chi connectivity index (χ1v) is 5.58. The van der Waals surface area contributed by atoms with Crippen LogP contribution in [0.5, 0.6) is 0 Å². The van der Waals surface area contributed by atoms with Gasteiger partial charge in [-0.05, 0) is 20.8 Å². The molecule has 0 spiro atoms. The Bertz CT molecular complexity index is 586. The van der Waals surface area contributed by atoms with E-state index in [1.165, 1.54) is 0 Å². The van der Waals surface area contributed by atoms with Gasteiger partial charge in [-0.1, -0.05) is 0 Å². The predicted molar refractivity (Wildman–Crippen MR) is 65.0 cm³/mol. The highest BCUT2D eigenvalue weighted by atomic mass is 19.4. The van der Waals surface area contributed by atoms with Crippen LogP contribution in [0, 0.1) is 41.0 Å². The number of aliphatic hydroxyl groups is 1. The van der Waals surface area contributed by atoms with E-state index in [9.17, 15) is 38.5 Å². The van der Waals surface area contributed by atoms with E-state index in [4.69, 9.17) is 0 Å². The Hall–Kier alpha value is -2.23. The van der Waals surface area contributed by atoms with Crippen LogP contribution in [-0.4, -0.2) is 21.1 Å². The third-order valence-corrected chi connectivity index (χ3v) is 3.18. The number of alkyl halides is 3. The van der Waals surface area contributed by atoms with Crippen molar-refractivity contribution >= 4 is 11.4 Å². The van der Waals surface area contributed by atoms with Crippen molar-refractivity contribution in [3.8, 4) is 0 Å². The molecule has 116 valence electrons. The van der Waals surface area contributed by atoms with Crippen molar-refractivity contribution in [2.75, 3.05) is 0 Å². The summed E-state index contributed by atoms with van der Waals surface area (Å²) < 4.78 is 38.0. The van der Waals surface area contributed by atoms with E-state index < -0.39 is 50.2 Å². The molecule has 0 aliphatic carbocycles. The maximum Gasteiger partial charge on any atom is 0.418 e. The van der Waals surface area contributed by atoms with Gasteiger partial charge in [-0.25, -0.2) is 0 Å². The van der Waals surface area contributed by atoms with E-state index in [1.807, 2.05) is 0 Å². The first kappa shape index (κ1) is 16.8. The fourth-order valence-electron chi connectivity index (χ4n) is 2.33. The van der Waals surface area contributed by atoms with Crippen LogP contribution in [-0.2, 0) is 0 Å². The normalized spacial score (nSPS) is 13.1. The van der Waals surface area contributed by atoms with E-state index in [0.717, 1.165) is 20.8 Å². The van der Waals surface area contributed by atoms with Gasteiger partial charge in [0, 0.05) is 16.7 Å². The Kier molecular flexibility index (Phi) is 4.23. The molecular weight excluding hydrogens is 297 g/mol. The van der Waals surface area contributed by atoms with Crippen molar-refractivity contribution in [3.63, 3.8) is 0 Å². The molecule has 1 atom stereocenters. The lowest BCUT2D eigenvalue weighted by molar-refractivity contribution is -0.396. The molecule has 0 heterocycles. The van der Waals surface area contributed by atoms with Gasteiger partial charge in [0.25, 0.3) is 11.4 Å². The number of nitro benzene ring substituents is 2. The van der Waals surface area contributed by atoms with E-state index >= 15 is 0 Å². The molecule has 0 aromatic heterocycles. The van der Waals surface area contributed by atoms with Gasteiger partial charge in [-0.15, -0.1) is 0 Å². The maximum absolute atomic E-state index is 12.7. The minimum atomic E-state index is -5.09. The minimum absolute atomic E-state index is 0.349. The lowest BCUT2D eigenvalue weighted by atomic mass is 9.91. The Morgan fingerprint density at radius 2 is 1.29 bits per heavy atom. The molecule has 1 rings (SSSR count). The molecule has 0 amide bonds. The van der Waals surface area contributed by atoms with Crippen LogP contribution in [0.4, 0.5) is 24.5 Å². The summed E-state index contributed by atoms with van der Waals surface area (Å²) in [6.07, 6.45) is -8.12. The molecule has 0 fully saturated rings. The molecule has 7 nitrogen and oxygen atoms in total. The maximum atomic E-state index is 12.7. The van der Waals surface area contributed by atoms with Crippen molar-refractivity contribution in [2.24, 2.45) is 0 Å². The van der Waals surface area contributed by atoms with Gasteiger partial charge in [0.2, 0.25) is 0 Å². The number of rotatable bonds is 3. The number of halogens is 3. The van der Waals surface area contributed by atoms with Gasteiger partial charge in [0.05, 0.1) is 9.85 Å². The summed E-state index contributed by atoms with van der Waals surface area (Å²) in [6, 6.07) is 0. The number of nitrogens with zero attached hydrogens (tertiary/aromatic N) is 2. The van der Waals surface area contributed by atoms with Crippen molar-refractivity contribution in [1.29, 1.82) is 0 Å². The Balaban J connectivity index is 3.89. The Morgan fingerprint density at radius 1 is 0.952 bits per heavy atom. The number of aliphatic hydroxyl groups excluding tert-OH is 1. The van der Waals surface area contributed by atoms with Crippen molar-refractivity contribution in [3.05, 3.63) is 42.5 Å². The van der Waals surface area contributed by atoms with E-state index in [0.29, 0.717) is 0 Å². The lowest BCUT2D eigenvalue weighted by Crippen LogP contribution is -2.23. The molecule has 1 N–H and O–H groups in total. The topological polar surface area (TPSA) is 107 Å². The SMILES string of the molecule is Cc1c(C(O)C(F)(F)F)c(C)c([N+](=O)[O-])c(C)c1[N+](=O)[O-]. The van der Waals surface area contributed by atoms with Crippen molar-refractivity contribution < 1.29 is 28.1 Å². The fourth-order valence-corrected chi connectivity index (χ4v) is 2.33. The van der Waals surface area contributed by atoms with E-state index in [-0.39, 0.29) is 5.56 Å². The average Bonchev–Trinajstić information content (AvgIpc) is 2.25. The van der Waals surface area contributed by atoms with Gasteiger partial charge < -0.3 is 5.11 Å². The summed E-state index contributed by atoms with van der Waals surface area (Å²) in [5.74, 6) is 0. The molecule has 1 aromatic rings. The zero-order valence-electron chi connectivity index (χ0n) is 11.2. The molecule has 0 aliphatic rings. The zero-order valence-corrected chi connectivity index (χ0v) is 11.2. The van der Waals surface area contributed by atoms with Crippen LogP contribution < -0.4 is 0 Å². The standard InChI is InChI=1S/C11H11F3N2O5/c1-4-7(10(17)11(12,13)14)5(2)9(16(20)21)6(3)8(4)15(18)19/h10,17H,1-3H3. The Labute approximate surface area is 116 Å². The van der Waals surface area contributed by atoms with Crippen molar-refractivity contribution in [1.82, 2.24) is 0 Å². The van der Waals surface area contributed by atoms with Gasteiger partial charge in [0.1, 0.15) is 5.56 Å². The van der Waals surface area contributed by atoms with Gasteiger partial charge in [0.15, 0.2) is 6.10 Å². The molecule has 1 aromatic carbocycles. The zero-order chi connectivity index (χ0) is 16.7. The van der Waals surface area contributed by atoms with Crippen LogP contribution in [0.2, 0.25) is 0 Å². The number of hydrogen-bond acceptors (Lipinski definition) is 5. The molecule has 0 bridgehead atoms. The molecule has 21 heavy (non-hydrogen) atoms. The smallest absolute Gasteiger partial charge is 0.379 e. The summed E-state index contributed by atoms with van der Waals surface area (Å²) >= 11 is 0.